The number of aliphatic hydroxyl groups excluding tert-OH is 1. The van der Waals surface area contributed by atoms with Crippen molar-refractivity contribution < 1.29 is 28.2 Å². The molecule has 0 aliphatic carbocycles. The molecular formula is C12H16N2O6S. The molecule has 1 aromatic rings. The van der Waals surface area contributed by atoms with E-state index in [0.29, 0.717) is 0 Å². The summed E-state index contributed by atoms with van der Waals surface area (Å²) in [4.78, 5) is 21.8. The maximum absolute atomic E-state index is 11.8. The van der Waals surface area contributed by atoms with Crippen LogP contribution >= 0.6 is 0 Å². The molecule has 0 fully saturated rings. The van der Waals surface area contributed by atoms with E-state index in [-0.39, 0.29) is 17.9 Å². The molecule has 9 heteroatoms. The van der Waals surface area contributed by atoms with E-state index in [0.717, 1.165) is 0 Å². The van der Waals surface area contributed by atoms with Gasteiger partial charge in [0.1, 0.15) is 0 Å². The van der Waals surface area contributed by atoms with Gasteiger partial charge < -0.3 is 15.5 Å². The Morgan fingerprint density at radius 2 is 1.81 bits per heavy atom. The zero-order chi connectivity index (χ0) is 15.9. The Kier molecular flexibility index (Phi) is 6.28. The number of aliphatic carboxylic acids is 1. The second-order valence-corrected chi connectivity index (χ2v) is 5.90. The van der Waals surface area contributed by atoms with Crippen LogP contribution in [-0.2, 0) is 19.6 Å². The molecule has 0 aliphatic rings. The van der Waals surface area contributed by atoms with E-state index >= 15 is 0 Å². The normalized spacial score (nSPS) is 12.6. The molecule has 1 aromatic carbocycles. The van der Waals surface area contributed by atoms with Gasteiger partial charge in [0.05, 0.1) is 11.4 Å². The van der Waals surface area contributed by atoms with Crippen molar-refractivity contribution in [1.82, 2.24) is 10.0 Å². The van der Waals surface area contributed by atoms with Crippen LogP contribution in [0, 0.1) is 0 Å². The van der Waals surface area contributed by atoms with Crippen molar-refractivity contribution >= 4 is 21.9 Å². The zero-order valence-corrected chi connectivity index (χ0v) is 11.8. The summed E-state index contributed by atoms with van der Waals surface area (Å²) in [5.74, 6) is -2.00. The van der Waals surface area contributed by atoms with Crippen LogP contribution in [0.4, 0.5) is 0 Å². The fourth-order valence-electron chi connectivity index (χ4n) is 1.38. The summed E-state index contributed by atoms with van der Waals surface area (Å²) in [6, 6.07) is 7.57. The van der Waals surface area contributed by atoms with Crippen LogP contribution in [0.2, 0.25) is 0 Å². The van der Waals surface area contributed by atoms with Gasteiger partial charge in [-0.15, -0.1) is 0 Å². The lowest BCUT2D eigenvalue weighted by Crippen LogP contribution is -2.38. The molecule has 1 unspecified atom stereocenters. The SMILES string of the molecule is O=C(CNS(=O)(=O)c1ccccc1)NCCC(O)C(=O)O. The molecule has 0 spiro atoms. The number of nitrogens with one attached hydrogen (secondary N) is 2. The van der Waals surface area contributed by atoms with Gasteiger partial charge in [-0.05, 0) is 12.1 Å². The smallest absolute Gasteiger partial charge is 0.332 e. The van der Waals surface area contributed by atoms with Crippen molar-refractivity contribution in [2.45, 2.75) is 17.4 Å². The molecule has 1 rings (SSSR count). The van der Waals surface area contributed by atoms with Gasteiger partial charge in [0.25, 0.3) is 0 Å². The highest BCUT2D eigenvalue weighted by atomic mass is 32.2. The van der Waals surface area contributed by atoms with Gasteiger partial charge in [0.2, 0.25) is 15.9 Å². The second-order valence-electron chi connectivity index (χ2n) is 4.13. The minimum atomic E-state index is -3.76. The van der Waals surface area contributed by atoms with Gasteiger partial charge in [-0.25, -0.2) is 17.9 Å². The lowest BCUT2D eigenvalue weighted by atomic mass is 10.2. The van der Waals surface area contributed by atoms with Gasteiger partial charge in [0, 0.05) is 13.0 Å². The summed E-state index contributed by atoms with van der Waals surface area (Å²) in [5.41, 5.74) is 0. The van der Waals surface area contributed by atoms with Gasteiger partial charge >= 0.3 is 5.97 Å². The summed E-state index contributed by atoms with van der Waals surface area (Å²) >= 11 is 0. The molecule has 21 heavy (non-hydrogen) atoms. The highest BCUT2D eigenvalue weighted by Crippen LogP contribution is 2.06. The van der Waals surface area contributed by atoms with Crippen molar-refractivity contribution in [3.63, 3.8) is 0 Å². The van der Waals surface area contributed by atoms with E-state index in [2.05, 4.69) is 10.0 Å². The standard InChI is InChI=1S/C12H16N2O6S/c15-10(12(17)18)6-7-13-11(16)8-14-21(19,20)9-4-2-1-3-5-9/h1-5,10,14-15H,6-8H2,(H,13,16)(H,17,18). The third-order valence-electron chi connectivity index (χ3n) is 2.50. The molecule has 8 nitrogen and oxygen atoms in total. The molecule has 1 atom stereocenters. The third kappa shape index (κ3) is 5.90. The minimum Gasteiger partial charge on any atom is -0.479 e. The number of benzene rings is 1. The second kappa shape index (κ2) is 7.72. The van der Waals surface area contributed by atoms with E-state index in [9.17, 15) is 18.0 Å². The number of carbonyl (C=O) groups excluding carboxylic acids is 1. The Labute approximate surface area is 121 Å². The first-order chi connectivity index (χ1) is 9.83. The lowest BCUT2D eigenvalue weighted by Gasteiger charge is -2.09. The van der Waals surface area contributed by atoms with Crippen molar-refractivity contribution in [2.75, 3.05) is 13.1 Å². The van der Waals surface area contributed by atoms with Crippen molar-refractivity contribution in [3.8, 4) is 0 Å². The Balaban J connectivity index is 2.38. The highest BCUT2D eigenvalue weighted by molar-refractivity contribution is 7.89. The summed E-state index contributed by atoms with van der Waals surface area (Å²) in [6.45, 7) is -0.542. The van der Waals surface area contributed by atoms with Crippen LogP contribution in [-0.4, -0.2) is 49.7 Å². The molecule has 0 radical (unpaired) electrons. The Bertz CT molecular complexity index is 587. The number of aliphatic hydroxyl groups is 1. The fraction of sp³-hybridized carbons (Fsp3) is 0.333. The average Bonchev–Trinajstić information content (AvgIpc) is 2.46. The number of carboxylic acid groups (broad SMARTS) is 1. The van der Waals surface area contributed by atoms with E-state index < -0.39 is 34.5 Å². The summed E-state index contributed by atoms with van der Waals surface area (Å²) in [5, 5.41) is 19.7. The number of amides is 1. The molecule has 0 saturated carbocycles. The summed E-state index contributed by atoms with van der Waals surface area (Å²) in [7, 11) is -3.76. The fourth-order valence-corrected chi connectivity index (χ4v) is 2.38. The number of hydrogen-bond acceptors (Lipinski definition) is 5. The first-order valence-electron chi connectivity index (χ1n) is 6.05. The average molecular weight is 316 g/mol. The largest absolute Gasteiger partial charge is 0.479 e. The van der Waals surface area contributed by atoms with Crippen LogP contribution in [0.5, 0.6) is 0 Å². The Hall–Kier alpha value is -1.97. The first kappa shape index (κ1) is 17.1. The molecule has 116 valence electrons. The quantitative estimate of drug-likeness (QED) is 0.482. The zero-order valence-electron chi connectivity index (χ0n) is 11.0. The van der Waals surface area contributed by atoms with Gasteiger partial charge in [-0.1, -0.05) is 18.2 Å². The molecule has 0 aromatic heterocycles. The molecule has 0 heterocycles. The molecule has 4 N–H and O–H groups in total. The molecule has 0 bridgehead atoms. The van der Waals surface area contributed by atoms with Crippen LogP contribution in [0.15, 0.2) is 35.2 Å². The molecule has 0 saturated heterocycles. The van der Waals surface area contributed by atoms with E-state index in [1.165, 1.54) is 12.1 Å². The number of carbonyl (C=O) groups is 2. The van der Waals surface area contributed by atoms with E-state index in [1.54, 1.807) is 18.2 Å². The maximum atomic E-state index is 11.8. The summed E-state index contributed by atoms with van der Waals surface area (Å²) < 4.78 is 25.7. The number of hydrogen-bond donors (Lipinski definition) is 4. The van der Waals surface area contributed by atoms with Crippen LogP contribution < -0.4 is 10.0 Å². The van der Waals surface area contributed by atoms with Gasteiger partial charge in [0.15, 0.2) is 6.10 Å². The Morgan fingerprint density at radius 3 is 2.38 bits per heavy atom. The van der Waals surface area contributed by atoms with Crippen molar-refractivity contribution in [2.24, 2.45) is 0 Å². The van der Waals surface area contributed by atoms with Crippen molar-refractivity contribution in [1.29, 1.82) is 0 Å². The van der Waals surface area contributed by atoms with Crippen molar-refractivity contribution in [3.05, 3.63) is 30.3 Å². The lowest BCUT2D eigenvalue weighted by molar-refractivity contribution is -0.147. The summed E-state index contributed by atoms with van der Waals surface area (Å²) in [6.07, 6.45) is -1.72. The third-order valence-corrected chi connectivity index (χ3v) is 3.92. The minimum absolute atomic E-state index is 0.0408. The van der Waals surface area contributed by atoms with E-state index in [1.807, 2.05) is 0 Å². The van der Waals surface area contributed by atoms with E-state index in [4.69, 9.17) is 10.2 Å². The molecule has 1 amide bonds. The number of rotatable bonds is 8. The van der Waals surface area contributed by atoms with Crippen LogP contribution in [0.3, 0.4) is 0 Å². The molecule has 0 aliphatic heterocycles. The Morgan fingerprint density at radius 1 is 1.19 bits per heavy atom. The van der Waals surface area contributed by atoms with Gasteiger partial charge in [-0.3, -0.25) is 4.79 Å². The van der Waals surface area contributed by atoms with Gasteiger partial charge in [-0.2, -0.15) is 0 Å². The predicted molar refractivity (Wildman–Crippen MR) is 72.9 cm³/mol. The van der Waals surface area contributed by atoms with Crippen LogP contribution in [0.25, 0.3) is 0 Å². The van der Waals surface area contributed by atoms with Crippen LogP contribution in [0.1, 0.15) is 6.42 Å². The predicted octanol–water partition coefficient (Wildman–Crippen LogP) is -1.08. The molecular weight excluding hydrogens is 300 g/mol. The topological polar surface area (TPSA) is 133 Å². The number of carboxylic acids is 1. The maximum Gasteiger partial charge on any atom is 0.332 e. The highest BCUT2D eigenvalue weighted by Gasteiger charge is 2.16. The monoisotopic (exact) mass is 316 g/mol. The first-order valence-corrected chi connectivity index (χ1v) is 7.53. The number of sulfonamides is 1.